The third kappa shape index (κ3) is 3.58. The van der Waals surface area contributed by atoms with Crippen molar-refractivity contribution in [2.24, 2.45) is 0 Å². The first kappa shape index (κ1) is 14.5. The molecule has 1 aromatic heterocycles. The van der Waals surface area contributed by atoms with Crippen LogP contribution in [-0.2, 0) is 20.9 Å². The lowest BCUT2D eigenvalue weighted by atomic mass is 10.0. The summed E-state index contributed by atoms with van der Waals surface area (Å²) in [6.45, 7) is -0.342. The number of halogens is 2. The highest BCUT2D eigenvalue weighted by Crippen LogP contribution is 2.26. The zero-order valence-corrected chi connectivity index (χ0v) is 11.3. The van der Waals surface area contributed by atoms with Crippen molar-refractivity contribution in [3.8, 4) is 11.1 Å². The van der Waals surface area contributed by atoms with Gasteiger partial charge in [-0.3, -0.25) is 9.17 Å². The molecule has 0 fully saturated rings. The number of benzene rings is 1. The van der Waals surface area contributed by atoms with Crippen LogP contribution >= 0.6 is 0 Å². The molecule has 0 unspecified atom stereocenters. The monoisotopic (exact) mass is 299 g/mol. The van der Waals surface area contributed by atoms with E-state index in [1.54, 1.807) is 6.07 Å². The summed E-state index contributed by atoms with van der Waals surface area (Å²) in [6.07, 6.45) is 2.32. The summed E-state index contributed by atoms with van der Waals surface area (Å²) in [5.41, 5.74) is 0.501. The Hall–Kier alpha value is -1.86. The van der Waals surface area contributed by atoms with E-state index >= 15 is 0 Å². The zero-order valence-electron chi connectivity index (χ0n) is 10.5. The maximum atomic E-state index is 13.8. The van der Waals surface area contributed by atoms with Gasteiger partial charge in [0.2, 0.25) is 0 Å². The molecule has 0 atom stereocenters. The van der Waals surface area contributed by atoms with E-state index in [9.17, 15) is 17.2 Å². The third-order valence-corrected chi connectivity index (χ3v) is 3.06. The van der Waals surface area contributed by atoms with Gasteiger partial charge in [0, 0.05) is 17.3 Å². The molecule has 0 radical (unpaired) electrons. The van der Waals surface area contributed by atoms with Crippen molar-refractivity contribution in [2.45, 2.75) is 6.61 Å². The highest BCUT2D eigenvalue weighted by molar-refractivity contribution is 7.85. The number of aromatic nitrogens is 1. The molecule has 20 heavy (non-hydrogen) atoms. The molecule has 0 amide bonds. The lowest BCUT2D eigenvalue weighted by Gasteiger charge is -2.09. The van der Waals surface area contributed by atoms with Crippen LogP contribution in [0.1, 0.15) is 5.69 Å². The Morgan fingerprint density at radius 3 is 2.65 bits per heavy atom. The van der Waals surface area contributed by atoms with Crippen LogP contribution in [0.15, 0.2) is 36.5 Å². The highest BCUT2D eigenvalue weighted by Gasteiger charge is 2.13. The van der Waals surface area contributed by atoms with Crippen LogP contribution in [0, 0.1) is 11.6 Å². The number of pyridine rings is 1. The fourth-order valence-corrected chi connectivity index (χ4v) is 1.99. The van der Waals surface area contributed by atoms with Crippen LogP contribution in [-0.4, -0.2) is 19.7 Å². The van der Waals surface area contributed by atoms with E-state index in [4.69, 9.17) is 0 Å². The van der Waals surface area contributed by atoms with E-state index in [1.807, 2.05) is 0 Å². The van der Waals surface area contributed by atoms with Crippen molar-refractivity contribution >= 4 is 10.1 Å². The van der Waals surface area contributed by atoms with Gasteiger partial charge in [-0.1, -0.05) is 6.07 Å². The zero-order chi connectivity index (χ0) is 14.8. The molecular formula is C13H11F2NO3S. The molecular weight excluding hydrogens is 288 g/mol. The Bertz CT molecular complexity index is 732. The van der Waals surface area contributed by atoms with E-state index in [0.29, 0.717) is 0 Å². The third-order valence-electron chi connectivity index (χ3n) is 2.52. The molecule has 1 heterocycles. The molecule has 0 saturated heterocycles. The fraction of sp³-hybridized carbons (Fsp3) is 0.154. The molecule has 1 aromatic carbocycles. The van der Waals surface area contributed by atoms with Crippen molar-refractivity contribution < 1.29 is 21.4 Å². The smallest absolute Gasteiger partial charge is 0.264 e. The summed E-state index contributed by atoms with van der Waals surface area (Å²) in [4.78, 5) is 3.95. The molecule has 4 nitrogen and oxygen atoms in total. The first-order chi connectivity index (χ1) is 9.37. The van der Waals surface area contributed by atoms with E-state index in [-0.39, 0.29) is 23.4 Å². The van der Waals surface area contributed by atoms with Gasteiger partial charge in [0.05, 0.1) is 11.9 Å². The molecule has 0 aliphatic carbocycles. The van der Waals surface area contributed by atoms with E-state index in [2.05, 4.69) is 9.17 Å². The Labute approximate surface area is 115 Å². The van der Waals surface area contributed by atoms with Crippen LogP contribution in [0.25, 0.3) is 11.1 Å². The van der Waals surface area contributed by atoms with Crippen LogP contribution in [0.4, 0.5) is 8.78 Å². The van der Waals surface area contributed by atoms with E-state index in [1.165, 1.54) is 12.3 Å². The maximum Gasteiger partial charge on any atom is 0.264 e. The molecule has 0 saturated carbocycles. The van der Waals surface area contributed by atoms with Gasteiger partial charge in [-0.05, 0) is 24.3 Å². The fourth-order valence-electron chi connectivity index (χ4n) is 1.67. The molecule has 0 bridgehead atoms. The van der Waals surface area contributed by atoms with Crippen molar-refractivity contribution in [1.82, 2.24) is 4.98 Å². The first-order valence-electron chi connectivity index (χ1n) is 5.60. The average Bonchev–Trinajstić information content (AvgIpc) is 2.39. The standard InChI is InChI=1S/C13H11F2NO3S/c1-20(17,18)19-8-13-10(3-2-6-16-13)11-7-9(14)4-5-12(11)15/h2-7H,8H2,1H3. The van der Waals surface area contributed by atoms with Gasteiger partial charge in [0.1, 0.15) is 18.2 Å². The van der Waals surface area contributed by atoms with Gasteiger partial charge in [-0.25, -0.2) is 8.78 Å². The van der Waals surface area contributed by atoms with E-state index < -0.39 is 21.8 Å². The van der Waals surface area contributed by atoms with Gasteiger partial charge in [-0.2, -0.15) is 8.42 Å². The Morgan fingerprint density at radius 1 is 1.20 bits per heavy atom. The van der Waals surface area contributed by atoms with Crippen LogP contribution in [0.5, 0.6) is 0 Å². The van der Waals surface area contributed by atoms with Gasteiger partial charge >= 0.3 is 0 Å². The van der Waals surface area contributed by atoms with Crippen molar-refractivity contribution in [3.63, 3.8) is 0 Å². The van der Waals surface area contributed by atoms with Gasteiger partial charge in [0.15, 0.2) is 0 Å². The number of rotatable bonds is 4. The number of nitrogens with zero attached hydrogens (tertiary/aromatic N) is 1. The van der Waals surface area contributed by atoms with Crippen LogP contribution < -0.4 is 0 Å². The van der Waals surface area contributed by atoms with E-state index in [0.717, 1.165) is 24.5 Å². The second kappa shape index (κ2) is 5.64. The molecule has 0 aliphatic heterocycles. The van der Waals surface area contributed by atoms with Crippen LogP contribution in [0.3, 0.4) is 0 Å². The SMILES string of the molecule is CS(=O)(=O)OCc1ncccc1-c1cc(F)ccc1F. The minimum absolute atomic E-state index is 0.00482. The van der Waals surface area contributed by atoms with Crippen molar-refractivity contribution in [3.05, 3.63) is 53.9 Å². The topological polar surface area (TPSA) is 56.3 Å². The summed E-state index contributed by atoms with van der Waals surface area (Å²) in [5.74, 6) is -1.22. The lowest BCUT2D eigenvalue weighted by Crippen LogP contribution is -2.05. The van der Waals surface area contributed by atoms with Crippen molar-refractivity contribution in [1.29, 1.82) is 0 Å². The number of hydrogen-bond acceptors (Lipinski definition) is 4. The van der Waals surface area contributed by atoms with Gasteiger partial charge in [-0.15, -0.1) is 0 Å². The molecule has 2 rings (SSSR count). The van der Waals surface area contributed by atoms with Gasteiger partial charge < -0.3 is 0 Å². The molecule has 7 heteroatoms. The Morgan fingerprint density at radius 2 is 1.95 bits per heavy atom. The average molecular weight is 299 g/mol. The normalized spacial score (nSPS) is 11.6. The Balaban J connectivity index is 2.44. The van der Waals surface area contributed by atoms with Crippen LogP contribution in [0.2, 0.25) is 0 Å². The minimum atomic E-state index is -3.65. The highest BCUT2D eigenvalue weighted by atomic mass is 32.2. The summed E-state index contributed by atoms with van der Waals surface area (Å²) < 4.78 is 53.6. The quantitative estimate of drug-likeness (QED) is 0.814. The molecule has 0 aliphatic rings. The predicted molar refractivity (Wildman–Crippen MR) is 69.2 cm³/mol. The lowest BCUT2D eigenvalue weighted by molar-refractivity contribution is 0.307. The number of hydrogen-bond donors (Lipinski definition) is 0. The predicted octanol–water partition coefficient (Wildman–Crippen LogP) is 2.50. The molecule has 2 aromatic rings. The molecule has 0 N–H and O–H groups in total. The maximum absolute atomic E-state index is 13.8. The second-order valence-corrected chi connectivity index (χ2v) is 5.73. The first-order valence-corrected chi connectivity index (χ1v) is 7.42. The largest absolute Gasteiger partial charge is 0.264 e. The molecule has 106 valence electrons. The summed E-state index contributed by atoms with van der Waals surface area (Å²) in [6, 6.07) is 6.09. The van der Waals surface area contributed by atoms with Crippen molar-refractivity contribution in [2.75, 3.05) is 6.26 Å². The Kier molecular flexibility index (Phi) is 4.10. The summed E-state index contributed by atoms with van der Waals surface area (Å²) >= 11 is 0. The minimum Gasteiger partial charge on any atom is -0.264 e. The second-order valence-electron chi connectivity index (χ2n) is 4.09. The summed E-state index contributed by atoms with van der Waals surface area (Å²) in [7, 11) is -3.65. The molecule has 0 spiro atoms. The van der Waals surface area contributed by atoms with Gasteiger partial charge in [0.25, 0.3) is 10.1 Å². The summed E-state index contributed by atoms with van der Waals surface area (Å²) in [5, 5.41) is 0.